The number of β-lactam (4-membered cyclic amide) rings is 1. The van der Waals surface area contributed by atoms with Gasteiger partial charge in [0.1, 0.15) is 22.5 Å². The molecule has 0 aliphatic carbocycles. The van der Waals surface area contributed by atoms with Crippen molar-refractivity contribution >= 4 is 58.8 Å². The number of halogens is 1. The third-order valence-corrected chi connectivity index (χ3v) is 9.62. The molecule has 1 aromatic carbocycles. The Bertz CT molecular complexity index is 1720. The fourth-order valence-electron chi connectivity index (χ4n) is 4.49. The number of aromatic nitrogens is 5. The van der Waals surface area contributed by atoms with Gasteiger partial charge in [-0.2, -0.15) is 0 Å². The fourth-order valence-corrected chi connectivity index (χ4v) is 6.98. The molecule has 3 atom stereocenters. The molecule has 1 saturated heterocycles. The van der Waals surface area contributed by atoms with Gasteiger partial charge in [0.15, 0.2) is 12.4 Å². The van der Waals surface area contributed by atoms with Crippen molar-refractivity contribution in [3.8, 4) is 5.75 Å². The standard InChI is InChI=1S/C26H25ClN8O7S2.Na/c1-12-17(27)21(37)15(8-28-12)42-9-16(36)29-18(13-6-4-3-5-7-13)22(38)30-19-23(39)35-20(25(40)41)14(10-43-24(19)35)11-44-26-31-32-33-34(26)2;/h3-8,18-19,24H,9-11H2,1-2H3,(H,28,37)(H,29,36)(H,30,38)(H,40,41);/q;+1/p-1/t18?,19?,24-;/m0./s1. The van der Waals surface area contributed by atoms with E-state index in [-0.39, 0.29) is 57.5 Å². The number of thioether (sulfide) groups is 2. The molecule has 2 aliphatic rings. The number of hydrogen-bond acceptors (Lipinski definition) is 12. The molecule has 19 heteroatoms. The van der Waals surface area contributed by atoms with Gasteiger partial charge in [0.05, 0.1) is 11.7 Å². The molecular formula is C26H24ClN8NaO7S2. The van der Waals surface area contributed by atoms with Crippen molar-refractivity contribution in [3.63, 3.8) is 0 Å². The Hall–Kier alpha value is -3.35. The quantitative estimate of drug-likeness (QED) is 0.102. The average molecular weight is 683 g/mol. The van der Waals surface area contributed by atoms with Gasteiger partial charge in [0.25, 0.3) is 11.8 Å². The van der Waals surface area contributed by atoms with Crippen molar-refractivity contribution in [1.82, 2.24) is 40.7 Å². The van der Waals surface area contributed by atoms with Gasteiger partial charge in [0.2, 0.25) is 16.5 Å². The van der Waals surface area contributed by atoms with Crippen LogP contribution in [0, 0.1) is 6.92 Å². The number of hydrogen-bond donors (Lipinski definition) is 3. The van der Waals surface area contributed by atoms with E-state index in [0.29, 0.717) is 22.0 Å². The normalized spacial score (nSPS) is 17.8. The van der Waals surface area contributed by atoms with Gasteiger partial charge in [-0.15, -0.1) is 16.9 Å². The molecule has 3 N–H and O–H groups in total. The van der Waals surface area contributed by atoms with Gasteiger partial charge in [-0.1, -0.05) is 53.7 Å². The number of carbonyl (C=O) groups excluding carboxylic acids is 4. The number of pyridine rings is 1. The van der Waals surface area contributed by atoms with Crippen LogP contribution >= 0.6 is 35.1 Å². The number of amides is 3. The Balaban J connectivity index is 0.00000461. The number of fused-ring (bicyclic) bond motifs is 1. The maximum atomic E-state index is 13.5. The zero-order valence-corrected chi connectivity index (χ0v) is 28.5. The molecule has 45 heavy (non-hydrogen) atoms. The van der Waals surface area contributed by atoms with Crippen LogP contribution in [0.5, 0.6) is 5.75 Å². The van der Waals surface area contributed by atoms with Crippen LogP contribution in [0.4, 0.5) is 0 Å². The van der Waals surface area contributed by atoms with Crippen molar-refractivity contribution in [3.05, 3.63) is 74.3 Å². The van der Waals surface area contributed by atoms with Gasteiger partial charge in [-0.25, -0.2) is 4.68 Å². The summed E-state index contributed by atoms with van der Waals surface area (Å²) in [6.07, 6.45) is 1.28. The number of tetrazole rings is 1. The van der Waals surface area contributed by atoms with E-state index in [9.17, 15) is 29.1 Å². The van der Waals surface area contributed by atoms with E-state index in [2.05, 4.69) is 31.1 Å². The molecule has 3 amide bonds. The second-order valence-corrected chi connectivity index (χ2v) is 12.1. The Morgan fingerprint density at radius 1 is 1.27 bits per heavy atom. The molecule has 2 aromatic heterocycles. The van der Waals surface area contributed by atoms with Crippen LogP contribution in [0.2, 0.25) is 5.02 Å². The largest absolute Gasteiger partial charge is 1.00 e. The van der Waals surface area contributed by atoms with Gasteiger partial charge in [-0.3, -0.25) is 24.1 Å². The number of aliphatic carboxylic acids is 1. The molecule has 2 unspecified atom stereocenters. The van der Waals surface area contributed by atoms with E-state index in [1.165, 1.54) is 34.4 Å². The summed E-state index contributed by atoms with van der Waals surface area (Å²) < 4.78 is 6.77. The first-order chi connectivity index (χ1) is 21.1. The number of aryl methyl sites for hydroxylation is 2. The Morgan fingerprint density at radius 3 is 2.67 bits per heavy atom. The molecule has 230 valence electrons. The molecule has 0 saturated carbocycles. The Morgan fingerprint density at radius 2 is 2.00 bits per heavy atom. The van der Waals surface area contributed by atoms with Crippen molar-refractivity contribution in [1.29, 1.82) is 0 Å². The Labute approximate surface area is 291 Å². The zero-order chi connectivity index (χ0) is 31.5. The van der Waals surface area contributed by atoms with Crippen molar-refractivity contribution in [2.45, 2.75) is 29.5 Å². The second kappa shape index (κ2) is 14.8. The zero-order valence-electron chi connectivity index (χ0n) is 24.1. The number of nitrogens with zero attached hydrogens (tertiary/aromatic N) is 5. The smallest absolute Gasteiger partial charge is 0.543 e. The number of carboxylic acid groups (broad SMARTS) is 1. The summed E-state index contributed by atoms with van der Waals surface area (Å²) in [5.41, 5.74) is 0.473. The monoisotopic (exact) mass is 682 g/mol. The fraction of sp³-hybridized carbons (Fsp3) is 0.308. The van der Waals surface area contributed by atoms with E-state index in [0.717, 1.165) is 4.90 Å². The minimum atomic E-state index is -1.51. The third-order valence-electron chi connectivity index (χ3n) is 6.73. The van der Waals surface area contributed by atoms with Crippen LogP contribution in [-0.4, -0.2) is 83.3 Å². The molecule has 1 fully saturated rings. The summed E-state index contributed by atoms with van der Waals surface area (Å²) in [6, 6.07) is 6.03. The molecule has 0 radical (unpaired) electrons. The Kier molecular flexibility index (Phi) is 11.4. The molecule has 2 aliphatic heterocycles. The van der Waals surface area contributed by atoms with E-state index >= 15 is 0 Å². The van der Waals surface area contributed by atoms with Crippen LogP contribution in [0.3, 0.4) is 0 Å². The molecule has 4 heterocycles. The topological polar surface area (TPSA) is 204 Å². The minimum Gasteiger partial charge on any atom is -0.543 e. The number of benzene rings is 1. The molecule has 5 rings (SSSR count). The number of carboxylic acids is 1. The summed E-state index contributed by atoms with van der Waals surface area (Å²) in [7, 11) is 1.65. The molecular weight excluding hydrogens is 659 g/mol. The van der Waals surface area contributed by atoms with Crippen molar-refractivity contribution < 1.29 is 58.6 Å². The molecule has 0 spiro atoms. The molecule has 0 bridgehead atoms. The first kappa shape index (κ1) is 34.5. The maximum absolute atomic E-state index is 13.5. The van der Waals surface area contributed by atoms with E-state index < -0.39 is 53.2 Å². The van der Waals surface area contributed by atoms with Gasteiger partial charge < -0.3 is 30.3 Å². The maximum Gasteiger partial charge on any atom is 1.00 e. The minimum absolute atomic E-state index is 0. The number of H-pyrrole nitrogens is 1. The van der Waals surface area contributed by atoms with Crippen molar-refractivity contribution in [2.24, 2.45) is 7.05 Å². The van der Waals surface area contributed by atoms with Crippen LogP contribution in [-0.2, 0) is 26.2 Å². The van der Waals surface area contributed by atoms with Gasteiger partial charge in [0, 0.05) is 30.4 Å². The van der Waals surface area contributed by atoms with Crippen LogP contribution < -0.4 is 55.5 Å². The predicted octanol–water partition coefficient (Wildman–Crippen LogP) is -3.70. The summed E-state index contributed by atoms with van der Waals surface area (Å²) in [4.78, 5) is 67.7. The first-order valence-corrected chi connectivity index (χ1v) is 15.4. The van der Waals surface area contributed by atoms with E-state index in [4.69, 9.17) is 16.3 Å². The second-order valence-electron chi connectivity index (χ2n) is 9.63. The van der Waals surface area contributed by atoms with Gasteiger partial charge >= 0.3 is 29.6 Å². The number of nitrogens with one attached hydrogen (secondary N) is 3. The number of ether oxygens (including phenoxy) is 1. The van der Waals surface area contributed by atoms with Crippen LogP contribution in [0.1, 0.15) is 17.3 Å². The third kappa shape index (κ3) is 7.39. The molecule has 3 aromatic rings. The average Bonchev–Trinajstić information content (AvgIpc) is 3.43. The number of rotatable bonds is 11. The summed E-state index contributed by atoms with van der Waals surface area (Å²) in [5.74, 6) is -3.26. The van der Waals surface area contributed by atoms with Crippen LogP contribution in [0.15, 0.2) is 57.7 Å². The van der Waals surface area contributed by atoms with Crippen LogP contribution in [0.25, 0.3) is 0 Å². The van der Waals surface area contributed by atoms with E-state index in [1.54, 1.807) is 44.3 Å². The number of carbonyl (C=O) groups is 4. The molecule has 15 nitrogen and oxygen atoms in total. The van der Waals surface area contributed by atoms with Crippen molar-refractivity contribution in [2.75, 3.05) is 18.1 Å². The summed E-state index contributed by atoms with van der Waals surface area (Å²) >= 11 is 8.45. The van der Waals surface area contributed by atoms with Gasteiger partial charge in [-0.05, 0) is 28.5 Å². The first-order valence-electron chi connectivity index (χ1n) is 12.9. The summed E-state index contributed by atoms with van der Waals surface area (Å²) in [5, 5.41) is 28.2. The van der Waals surface area contributed by atoms with E-state index in [1.807, 2.05) is 0 Å². The SMILES string of the molecule is Cc1[nH]cc(OCC(=O)NC(C(=O)NC2C(=O)N3C(C(=O)[O-])=C(CSc4nnnn4C)CS[C@@H]23)c2ccccc2)c(=O)c1Cl.[Na+]. The number of aromatic amines is 1. The summed E-state index contributed by atoms with van der Waals surface area (Å²) in [6.45, 7) is 1.01. The predicted molar refractivity (Wildman–Crippen MR) is 156 cm³/mol.